The maximum atomic E-state index is 3.64. The molecule has 106 valence electrons. The molecule has 2 fully saturated rings. The first-order valence-corrected chi connectivity index (χ1v) is 7.79. The second-order valence-electron chi connectivity index (χ2n) is 6.43. The number of likely N-dealkylation sites (tertiary alicyclic amines) is 2. The van der Waals surface area contributed by atoms with E-state index in [2.05, 4.69) is 42.9 Å². The fraction of sp³-hybridized carbons (Fsp3) is 1.00. The van der Waals surface area contributed by atoms with Gasteiger partial charge in [-0.05, 0) is 58.8 Å². The van der Waals surface area contributed by atoms with Gasteiger partial charge in [0.1, 0.15) is 0 Å². The molecule has 18 heavy (non-hydrogen) atoms. The van der Waals surface area contributed by atoms with Gasteiger partial charge in [-0.3, -0.25) is 4.90 Å². The summed E-state index contributed by atoms with van der Waals surface area (Å²) < 4.78 is 0. The lowest BCUT2D eigenvalue weighted by molar-refractivity contribution is 0.0490. The van der Waals surface area contributed by atoms with Crippen LogP contribution >= 0.6 is 0 Å². The lowest BCUT2D eigenvalue weighted by Gasteiger charge is -2.45. The summed E-state index contributed by atoms with van der Waals surface area (Å²) in [5.41, 5.74) is 0. The molecule has 0 aromatic heterocycles. The van der Waals surface area contributed by atoms with E-state index in [-0.39, 0.29) is 0 Å². The fourth-order valence-electron chi connectivity index (χ4n) is 3.67. The van der Waals surface area contributed by atoms with E-state index >= 15 is 0 Å². The lowest BCUT2D eigenvalue weighted by Crippen LogP contribution is -2.54. The molecule has 2 heterocycles. The van der Waals surface area contributed by atoms with Crippen molar-refractivity contribution in [3.63, 3.8) is 0 Å². The monoisotopic (exact) mass is 253 g/mol. The van der Waals surface area contributed by atoms with Gasteiger partial charge >= 0.3 is 0 Å². The number of rotatable bonds is 3. The van der Waals surface area contributed by atoms with Crippen molar-refractivity contribution in [1.82, 2.24) is 15.1 Å². The van der Waals surface area contributed by atoms with E-state index in [1.807, 2.05) is 0 Å². The number of nitrogens with zero attached hydrogens (tertiary/aromatic N) is 2. The minimum atomic E-state index is 0.745. The van der Waals surface area contributed by atoms with E-state index < -0.39 is 0 Å². The van der Waals surface area contributed by atoms with Crippen LogP contribution in [0.1, 0.15) is 40.0 Å². The van der Waals surface area contributed by atoms with Crippen LogP contribution in [0.2, 0.25) is 0 Å². The van der Waals surface area contributed by atoms with Gasteiger partial charge in [0.2, 0.25) is 0 Å². The zero-order valence-electron chi connectivity index (χ0n) is 12.7. The molecule has 2 saturated heterocycles. The standard InChI is InChI=1S/C15H31N3/c1-5-16-15-7-9-18(11-12(15)2)14-6-8-17(4)13(3)10-14/h12-16H,5-11H2,1-4H3. The molecule has 0 aromatic carbocycles. The van der Waals surface area contributed by atoms with E-state index in [1.54, 1.807) is 0 Å². The first-order chi connectivity index (χ1) is 8.61. The third-order valence-corrected chi connectivity index (χ3v) is 5.10. The summed E-state index contributed by atoms with van der Waals surface area (Å²) in [5.74, 6) is 0.800. The van der Waals surface area contributed by atoms with Crippen molar-refractivity contribution in [2.75, 3.05) is 33.2 Å². The van der Waals surface area contributed by atoms with Crippen molar-refractivity contribution in [2.24, 2.45) is 5.92 Å². The first kappa shape index (κ1) is 14.3. The highest BCUT2D eigenvalue weighted by molar-refractivity contribution is 4.89. The smallest absolute Gasteiger partial charge is 0.0122 e. The average Bonchev–Trinajstić information content (AvgIpc) is 2.35. The predicted molar refractivity (Wildman–Crippen MR) is 77.9 cm³/mol. The Balaban J connectivity index is 1.84. The summed E-state index contributed by atoms with van der Waals surface area (Å²) in [7, 11) is 2.26. The molecule has 1 N–H and O–H groups in total. The number of hydrogen-bond acceptors (Lipinski definition) is 3. The summed E-state index contributed by atoms with van der Waals surface area (Å²) in [5, 5.41) is 3.64. The molecular formula is C15H31N3. The second kappa shape index (κ2) is 6.36. The van der Waals surface area contributed by atoms with Crippen molar-refractivity contribution in [1.29, 1.82) is 0 Å². The van der Waals surface area contributed by atoms with E-state index in [0.29, 0.717) is 0 Å². The summed E-state index contributed by atoms with van der Waals surface area (Å²) >= 11 is 0. The molecule has 4 atom stereocenters. The third-order valence-electron chi connectivity index (χ3n) is 5.10. The molecule has 2 aliphatic rings. The van der Waals surface area contributed by atoms with Crippen molar-refractivity contribution in [3.8, 4) is 0 Å². The molecule has 0 bridgehead atoms. The molecule has 0 aromatic rings. The van der Waals surface area contributed by atoms with Gasteiger partial charge in [0.15, 0.2) is 0 Å². The first-order valence-electron chi connectivity index (χ1n) is 7.79. The zero-order valence-corrected chi connectivity index (χ0v) is 12.7. The quantitative estimate of drug-likeness (QED) is 0.827. The van der Waals surface area contributed by atoms with Gasteiger partial charge in [0, 0.05) is 24.7 Å². The molecule has 4 unspecified atom stereocenters. The molecule has 0 aliphatic carbocycles. The third kappa shape index (κ3) is 3.25. The van der Waals surface area contributed by atoms with Crippen LogP contribution < -0.4 is 5.32 Å². The van der Waals surface area contributed by atoms with Crippen molar-refractivity contribution in [3.05, 3.63) is 0 Å². The Bertz CT molecular complexity index is 256. The van der Waals surface area contributed by atoms with Crippen LogP contribution in [0.3, 0.4) is 0 Å². The Labute approximate surface area is 113 Å². The van der Waals surface area contributed by atoms with Crippen molar-refractivity contribution in [2.45, 2.75) is 58.2 Å². The van der Waals surface area contributed by atoms with E-state index in [0.717, 1.165) is 30.6 Å². The summed E-state index contributed by atoms with van der Waals surface area (Å²) in [6.07, 6.45) is 4.05. The van der Waals surface area contributed by atoms with Crippen LogP contribution in [0, 0.1) is 5.92 Å². The Kier molecular flexibility index (Phi) is 5.05. The van der Waals surface area contributed by atoms with E-state index in [4.69, 9.17) is 0 Å². The summed E-state index contributed by atoms with van der Waals surface area (Å²) in [6, 6.07) is 2.33. The summed E-state index contributed by atoms with van der Waals surface area (Å²) in [6.45, 7) is 12.0. The SMILES string of the molecule is CCNC1CCN(C2CCN(C)C(C)C2)CC1C. The van der Waals surface area contributed by atoms with E-state index in [1.165, 1.54) is 38.9 Å². The fourth-order valence-corrected chi connectivity index (χ4v) is 3.67. The van der Waals surface area contributed by atoms with Crippen LogP contribution in [0.5, 0.6) is 0 Å². The van der Waals surface area contributed by atoms with E-state index in [9.17, 15) is 0 Å². The largest absolute Gasteiger partial charge is 0.314 e. The van der Waals surface area contributed by atoms with Gasteiger partial charge in [0.25, 0.3) is 0 Å². The molecule has 0 saturated carbocycles. The minimum absolute atomic E-state index is 0.745. The van der Waals surface area contributed by atoms with Gasteiger partial charge < -0.3 is 10.2 Å². The minimum Gasteiger partial charge on any atom is -0.314 e. The lowest BCUT2D eigenvalue weighted by atomic mass is 9.89. The van der Waals surface area contributed by atoms with Crippen LogP contribution in [0.25, 0.3) is 0 Å². The molecule has 2 rings (SSSR count). The zero-order chi connectivity index (χ0) is 13.1. The number of hydrogen-bond donors (Lipinski definition) is 1. The van der Waals surface area contributed by atoms with Gasteiger partial charge in [-0.25, -0.2) is 0 Å². The highest BCUT2D eigenvalue weighted by Crippen LogP contribution is 2.25. The Hall–Kier alpha value is -0.120. The van der Waals surface area contributed by atoms with Gasteiger partial charge in [-0.2, -0.15) is 0 Å². The van der Waals surface area contributed by atoms with Crippen molar-refractivity contribution < 1.29 is 0 Å². The molecule has 0 radical (unpaired) electrons. The topological polar surface area (TPSA) is 18.5 Å². The molecule has 3 nitrogen and oxygen atoms in total. The maximum absolute atomic E-state index is 3.64. The average molecular weight is 253 g/mol. The maximum Gasteiger partial charge on any atom is 0.0122 e. The molecule has 0 amide bonds. The highest BCUT2D eigenvalue weighted by Gasteiger charge is 2.32. The molecule has 0 spiro atoms. The number of piperidine rings is 2. The molecular weight excluding hydrogens is 222 g/mol. The van der Waals surface area contributed by atoms with Crippen LogP contribution in [-0.4, -0.2) is 61.2 Å². The molecule has 3 heteroatoms. The van der Waals surface area contributed by atoms with Gasteiger partial charge in [0.05, 0.1) is 0 Å². The Morgan fingerprint density at radius 2 is 1.94 bits per heavy atom. The van der Waals surface area contributed by atoms with Gasteiger partial charge in [-0.1, -0.05) is 13.8 Å². The highest BCUT2D eigenvalue weighted by atomic mass is 15.2. The Morgan fingerprint density at radius 3 is 2.56 bits per heavy atom. The normalized spacial score (nSPS) is 40.0. The van der Waals surface area contributed by atoms with Crippen molar-refractivity contribution >= 4 is 0 Å². The van der Waals surface area contributed by atoms with Crippen LogP contribution in [0.15, 0.2) is 0 Å². The molecule has 2 aliphatic heterocycles. The number of nitrogens with one attached hydrogen (secondary N) is 1. The van der Waals surface area contributed by atoms with Crippen LogP contribution in [0.4, 0.5) is 0 Å². The Morgan fingerprint density at radius 1 is 1.17 bits per heavy atom. The van der Waals surface area contributed by atoms with Crippen LogP contribution in [-0.2, 0) is 0 Å². The predicted octanol–water partition coefficient (Wildman–Crippen LogP) is 1.79. The second-order valence-corrected chi connectivity index (χ2v) is 6.43. The summed E-state index contributed by atoms with van der Waals surface area (Å²) in [4.78, 5) is 5.27. The van der Waals surface area contributed by atoms with Gasteiger partial charge in [-0.15, -0.1) is 0 Å².